The third-order valence-electron chi connectivity index (χ3n) is 2.13. The van der Waals surface area contributed by atoms with Gasteiger partial charge in [0.2, 0.25) is 0 Å². The first-order valence-electron chi connectivity index (χ1n) is 4.97. The van der Waals surface area contributed by atoms with Gasteiger partial charge in [-0.2, -0.15) is 0 Å². The number of ether oxygens (including phenoxy) is 1. The van der Waals surface area contributed by atoms with E-state index in [9.17, 15) is 4.79 Å². The predicted molar refractivity (Wildman–Crippen MR) is 63.2 cm³/mol. The van der Waals surface area contributed by atoms with Gasteiger partial charge in [-0.05, 0) is 18.6 Å². The number of hydrogen-bond acceptors (Lipinski definition) is 3. The van der Waals surface area contributed by atoms with Crippen LogP contribution in [0.4, 0.5) is 0 Å². The molecule has 0 unspecified atom stereocenters. The number of nitrogens with one attached hydrogen (secondary N) is 1. The third kappa shape index (κ3) is 2.52. The van der Waals surface area contributed by atoms with E-state index in [-0.39, 0.29) is 5.69 Å². The van der Waals surface area contributed by atoms with Crippen LogP contribution in [0.2, 0.25) is 0 Å². The van der Waals surface area contributed by atoms with E-state index in [0.29, 0.717) is 12.5 Å². The highest BCUT2D eigenvalue weighted by molar-refractivity contribution is 6.17. The summed E-state index contributed by atoms with van der Waals surface area (Å²) in [5.74, 6) is 1.30. The second-order valence-electron chi connectivity index (χ2n) is 3.33. The number of hydrogen-bond donors (Lipinski definition) is 1. The zero-order valence-corrected chi connectivity index (χ0v) is 9.33. The van der Waals surface area contributed by atoms with Crippen molar-refractivity contribution >= 4 is 22.5 Å². The van der Waals surface area contributed by atoms with Crippen LogP contribution in [0.1, 0.15) is 6.42 Å². The van der Waals surface area contributed by atoms with Gasteiger partial charge >= 0.3 is 5.69 Å². The highest BCUT2D eigenvalue weighted by Crippen LogP contribution is 2.17. The van der Waals surface area contributed by atoms with Crippen LogP contribution in [0.15, 0.2) is 29.2 Å². The van der Waals surface area contributed by atoms with Crippen LogP contribution in [-0.2, 0) is 0 Å². The van der Waals surface area contributed by atoms with E-state index in [0.717, 1.165) is 23.1 Å². The highest BCUT2D eigenvalue weighted by Gasteiger charge is 1.98. The lowest BCUT2D eigenvalue weighted by Gasteiger charge is -2.05. The summed E-state index contributed by atoms with van der Waals surface area (Å²) in [6.45, 7) is 0.574. The largest absolute Gasteiger partial charge is 0.493 e. The Balaban J connectivity index is 2.25. The first kappa shape index (κ1) is 11.0. The zero-order valence-electron chi connectivity index (χ0n) is 8.57. The summed E-state index contributed by atoms with van der Waals surface area (Å²) in [5, 5.41) is 0.879. The molecule has 0 atom stereocenters. The van der Waals surface area contributed by atoms with Gasteiger partial charge in [0.15, 0.2) is 0 Å². The molecule has 2 aromatic rings. The molecule has 4 nitrogen and oxygen atoms in total. The van der Waals surface area contributed by atoms with Crippen molar-refractivity contribution in [1.29, 1.82) is 0 Å². The quantitative estimate of drug-likeness (QED) is 0.654. The van der Waals surface area contributed by atoms with Gasteiger partial charge in [-0.3, -0.25) is 0 Å². The molecule has 16 heavy (non-hydrogen) atoms. The molecule has 0 saturated carbocycles. The van der Waals surface area contributed by atoms with E-state index in [2.05, 4.69) is 9.97 Å². The molecular weight excluding hydrogens is 228 g/mol. The monoisotopic (exact) mass is 238 g/mol. The van der Waals surface area contributed by atoms with Crippen molar-refractivity contribution < 1.29 is 4.74 Å². The molecule has 0 amide bonds. The smallest absolute Gasteiger partial charge is 0.345 e. The molecule has 5 heteroatoms. The van der Waals surface area contributed by atoms with Crippen molar-refractivity contribution in [2.24, 2.45) is 0 Å². The van der Waals surface area contributed by atoms with Gasteiger partial charge in [0.1, 0.15) is 5.75 Å². The standard InChI is InChI=1S/C11H11ClN2O2/c12-4-1-5-16-9-3-2-8-7-13-11(15)14-10(8)6-9/h2-3,6-7H,1,4-5H2,(H,13,14,15). The molecular formula is C11H11ClN2O2. The molecule has 0 bridgehead atoms. The second kappa shape index (κ2) is 4.99. The Hall–Kier alpha value is -1.55. The third-order valence-corrected chi connectivity index (χ3v) is 2.40. The number of aromatic nitrogens is 2. The molecule has 1 heterocycles. The maximum Gasteiger partial charge on any atom is 0.345 e. The van der Waals surface area contributed by atoms with Crippen molar-refractivity contribution in [3.05, 3.63) is 34.9 Å². The normalized spacial score (nSPS) is 10.6. The molecule has 0 aliphatic carbocycles. The summed E-state index contributed by atoms with van der Waals surface area (Å²) in [6.07, 6.45) is 2.34. The van der Waals surface area contributed by atoms with Gasteiger partial charge in [-0.1, -0.05) is 0 Å². The minimum Gasteiger partial charge on any atom is -0.493 e. The SMILES string of the molecule is O=c1ncc2ccc(OCCCCl)cc2[nH]1. The lowest BCUT2D eigenvalue weighted by atomic mass is 10.2. The molecule has 0 aliphatic rings. The molecule has 1 N–H and O–H groups in total. The van der Waals surface area contributed by atoms with Crippen molar-refractivity contribution in [3.63, 3.8) is 0 Å². The number of halogens is 1. The fourth-order valence-electron chi connectivity index (χ4n) is 1.37. The average molecular weight is 239 g/mol. The van der Waals surface area contributed by atoms with Gasteiger partial charge < -0.3 is 9.72 Å². The van der Waals surface area contributed by atoms with Gasteiger partial charge in [-0.25, -0.2) is 9.78 Å². The van der Waals surface area contributed by atoms with Crippen molar-refractivity contribution in [2.45, 2.75) is 6.42 Å². The number of nitrogens with zero attached hydrogens (tertiary/aromatic N) is 1. The Bertz CT molecular complexity index is 539. The van der Waals surface area contributed by atoms with E-state index in [1.54, 1.807) is 6.07 Å². The Morgan fingerprint density at radius 2 is 2.31 bits per heavy atom. The number of benzene rings is 1. The summed E-state index contributed by atoms with van der Waals surface area (Å²) in [6, 6.07) is 5.48. The number of fused-ring (bicyclic) bond motifs is 1. The molecule has 0 radical (unpaired) electrons. The van der Waals surface area contributed by atoms with Gasteiger partial charge in [0.05, 0.1) is 12.1 Å². The lowest BCUT2D eigenvalue weighted by molar-refractivity contribution is 0.318. The zero-order chi connectivity index (χ0) is 11.4. The molecule has 0 saturated heterocycles. The molecule has 0 aliphatic heterocycles. The Labute approximate surface area is 97.2 Å². The van der Waals surface area contributed by atoms with Gasteiger partial charge in [-0.15, -0.1) is 11.6 Å². The van der Waals surface area contributed by atoms with Crippen molar-refractivity contribution in [1.82, 2.24) is 9.97 Å². The Kier molecular flexibility index (Phi) is 3.41. The molecule has 1 aromatic carbocycles. The maximum absolute atomic E-state index is 11.0. The topological polar surface area (TPSA) is 55.0 Å². The molecule has 84 valence electrons. The summed E-state index contributed by atoms with van der Waals surface area (Å²) in [4.78, 5) is 17.3. The van der Waals surface area contributed by atoms with E-state index in [4.69, 9.17) is 16.3 Å². The van der Waals surface area contributed by atoms with Crippen molar-refractivity contribution in [2.75, 3.05) is 12.5 Å². The average Bonchev–Trinajstić information content (AvgIpc) is 2.29. The molecule has 2 rings (SSSR count). The summed E-state index contributed by atoms with van der Waals surface area (Å²) in [7, 11) is 0. The highest BCUT2D eigenvalue weighted by atomic mass is 35.5. The van der Waals surface area contributed by atoms with Crippen LogP contribution < -0.4 is 10.4 Å². The van der Waals surface area contributed by atoms with Crippen LogP contribution in [0.5, 0.6) is 5.75 Å². The van der Waals surface area contributed by atoms with Crippen molar-refractivity contribution in [3.8, 4) is 5.75 Å². The first-order valence-corrected chi connectivity index (χ1v) is 5.51. The molecule has 0 fully saturated rings. The van der Waals surface area contributed by atoms with Crippen LogP contribution in [-0.4, -0.2) is 22.5 Å². The number of alkyl halides is 1. The van der Waals surface area contributed by atoms with E-state index < -0.39 is 0 Å². The fraction of sp³-hybridized carbons (Fsp3) is 0.273. The van der Waals surface area contributed by atoms with Gasteiger partial charge in [0.25, 0.3) is 0 Å². The summed E-state index contributed by atoms with van der Waals surface area (Å²) >= 11 is 5.55. The summed E-state index contributed by atoms with van der Waals surface area (Å²) in [5.41, 5.74) is 0.369. The minimum atomic E-state index is -0.356. The molecule has 1 aromatic heterocycles. The van der Waals surface area contributed by atoms with Crippen LogP contribution in [0.3, 0.4) is 0 Å². The van der Waals surface area contributed by atoms with E-state index in [1.807, 2.05) is 12.1 Å². The predicted octanol–water partition coefficient (Wildman–Crippen LogP) is 1.93. The molecule has 0 spiro atoms. The van der Waals surface area contributed by atoms with E-state index >= 15 is 0 Å². The van der Waals surface area contributed by atoms with Crippen LogP contribution in [0.25, 0.3) is 10.9 Å². The minimum absolute atomic E-state index is 0.356. The second-order valence-corrected chi connectivity index (χ2v) is 3.71. The lowest BCUT2D eigenvalue weighted by Crippen LogP contribution is -2.08. The van der Waals surface area contributed by atoms with E-state index in [1.165, 1.54) is 6.20 Å². The van der Waals surface area contributed by atoms with Crippen LogP contribution >= 0.6 is 11.6 Å². The Morgan fingerprint density at radius 3 is 3.12 bits per heavy atom. The Morgan fingerprint density at radius 1 is 1.44 bits per heavy atom. The van der Waals surface area contributed by atoms with Crippen LogP contribution in [0, 0.1) is 0 Å². The summed E-state index contributed by atoms with van der Waals surface area (Å²) < 4.78 is 5.47. The fourth-order valence-corrected chi connectivity index (χ4v) is 1.48. The van der Waals surface area contributed by atoms with Gasteiger partial charge in [0, 0.05) is 23.5 Å². The number of H-pyrrole nitrogens is 1. The number of aromatic amines is 1. The first-order chi connectivity index (χ1) is 7.79. The number of rotatable bonds is 4. The maximum atomic E-state index is 11.0.